The SMILES string of the molecule is COCC(C)NC(=S)NCc1ccncn1. The van der Waals surface area contributed by atoms with Crippen molar-refractivity contribution >= 4 is 17.3 Å². The molecule has 2 N–H and O–H groups in total. The smallest absolute Gasteiger partial charge is 0.166 e. The summed E-state index contributed by atoms with van der Waals surface area (Å²) in [7, 11) is 1.66. The second-order valence-electron chi connectivity index (χ2n) is 3.38. The quantitative estimate of drug-likeness (QED) is 0.730. The van der Waals surface area contributed by atoms with Gasteiger partial charge in [0, 0.05) is 19.3 Å². The summed E-state index contributed by atoms with van der Waals surface area (Å²) in [4.78, 5) is 7.92. The van der Waals surface area contributed by atoms with Gasteiger partial charge in [-0.05, 0) is 25.2 Å². The number of nitrogens with zero attached hydrogens (tertiary/aromatic N) is 2. The lowest BCUT2D eigenvalue weighted by atomic mass is 10.4. The van der Waals surface area contributed by atoms with E-state index in [9.17, 15) is 0 Å². The molecule has 0 bridgehead atoms. The third kappa shape index (κ3) is 4.99. The van der Waals surface area contributed by atoms with Crippen LogP contribution in [0.2, 0.25) is 0 Å². The molecule has 5 nitrogen and oxygen atoms in total. The first-order valence-corrected chi connectivity index (χ1v) is 5.41. The van der Waals surface area contributed by atoms with Crippen molar-refractivity contribution in [3.8, 4) is 0 Å². The molecule has 0 aliphatic carbocycles. The normalized spacial score (nSPS) is 11.9. The van der Waals surface area contributed by atoms with Crippen molar-refractivity contribution in [3.05, 3.63) is 24.3 Å². The van der Waals surface area contributed by atoms with Crippen LogP contribution in [0, 0.1) is 0 Å². The Morgan fingerprint density at radius 1 is 1.62 bits per heavy atom. The molecule has 0 radical (unpaired) electrons. The van der Waals surface area contributed by atoms with Gasteiger partial charge in [-0.3, -0.25) is 0 Å². The lowest BCUT2D eigenvalue weighted by Gasteiger charge is -2.15. The first-order valence-electron chi connectivity index (χ1n) is 5.00. The standard InChI is InChI=1S/C10H16N4OS/c1-8(6-15-2)14-10(16)12-5-9-3-4-11-7-13-9/h3-4,7-8H,5-6H2,1-2H3,(H2,12,14,16). The number of ether oxygens (including phenoxy) is 1. The topological polar surface area (TPSA) is 59.1 Å². The highest BCUT2D eigenvalue weighted by molar-refractivity contribution is 7.80. The number of methoxy groups -OCH3 is 1. The molecular weight excluding hydrogens is 224 g/mol. The van der Waals surface area contributed by atoms with Crippen LogP contribution in [0.1, 0.15) is 12.6 Å². The van der Waals surface area contributed by atoms with Crippen LogP contribution in [0.3, 0.4) is 0 Å². The summed E-state index contributed by atoms with van der Waals surface area (Å²) < 4.78 is 5.00. The zero-order valence-electron chi connectivity index (χ0n) is 9.43. The zero-order valence-corrected chi connectivity index (χ0v) is 10.3. The molecule has 1 atom stereocenters. The average Bonchev–Trinajstić information content (AvgIpc) is 2.28. The van der Waals surface area contributed by atoms with Crippen LogP contribution in [-0.2, 0) is 11.3 Å². The van der Waals surface area contributed by atoms with E-state index < -0.39 is 0 Å². The van der Waals surface area contributed by atoms with Crippen LogP contribution >= 0.6 is 12.2 Å². The van der Waals surface area contributed by atoms with Gasteiger partial charge < -0.3 is 15.4 Å². The monoisotopic (exact) mass is 240 g/mol. The van der Waals surface area contributed by atoms with E-state index in [1.807, 2.05) is 13.0 Å². The minimum absolute atomic E-state index is 0.190. The largest absolute Gasteiger partial charge is 0.383 e. The van der Waals surface area contributed by atoms with E-state index in [0.29, 0.717) is 18.3 Å². The fraction of sp³-hybridized carbons (Fsp3) is 0.500. The predicted molar refractivity (Wildman–Crippen MR) is 65.9 cm³/mol. The number of hydrogen-bond donors (Lipinski definition) is 2. The van der Waals surface area contributed by atoms with Crippen molar-refractivity contribution in [2.45, 2.75) is 19.5 Å². The third-order valence-corrected chi connectivity index (χ3v) is 2.13. The van der Waals surface area contributed by atoms with E-state index in [-0.39, 0.29) is 6.04 Å². The number of rotatable bonds is 5. The average molecular weight is 240 g/mol. The van der Waals surface area contributed by atoms with E-state index in [1.54, 1.807) is 13.3 Å². The van der Waals surface area contributed by atoms with Crippen LogP contribution in [0.15, 0.2) is 18.6 Å². The van der Waals surface area contributed by atoms with Gasteiger partial charge in [-0.1, -0.05) is 0 Å². The molecule has 88 valence electrons. The van der Waals surface area contributed by atoms with E-state index in [0.717, 1.165) is 5.69 Å². The molecule has 0 amide bonds. The molecule has 0 aromatic carbocycles. The first-order chi connectivity index (χ1) is 7.72. The summed E-state index contributed by atoms with van der Waals surface area (Å²) in [5.41, 5.74) is 0.901. The van der Waals surface area contributed by atoms with Crippen LogP contribution in [0.5, 0.6) is 0 Å². The molecule has 0 spiro atoms. The predicted octanol–water partition coefficient (Wildman–Crippen LogP) is 0.476. The molecule has 1 heterocycles. The lowest BCUT2D eigenvalue weighted by molar-refractivity contribution is 0.179. The van der Waals surface area contributed by atoms with Gasteiger partial charge in [0.05, 0.1) is 18.8 Å². The van der Waals surface area contributed by atoms with Crippen molar-refractivity contribution in [3.63, 3.8) is 0 Å². The molecule has 0 aliphatic rings. The Morgan fingerprint density at radius 2 is 2.44 bits per heavy atom. The molecule has 1 rings (SSSR count). The summed E-state index contributed by atoms with van der Waals surface area (Å²) in [6.07, 6.45) is 3.22. The summed E-state index contributed by atoms with van der Waals surface area (Å²) >= 11 is 5.12. The Kier molecular flexibility index (Phi) is 5.66. The van der Waals surface area contributed by atoms with Gasteiger partial charge in [0.25, 0.3) is 0 Å². The Morgan fingerprint density at radius 3 is 3.06 bits per heavy atom. The fourth-order valence-corrected chi connectivity index (χ4v) is 1.43. The van der Waals surface area contributed by atoms with E-state index in [4.69, 9.17) is 17.0 Å². The highest BCUT2D eigenvalue weighted by Gasteiger charge is 2.03. The molecular formula is C10H16N4OS. The van der Waals surface area contributed by atoms with Crippen LogP contribution < -0.4 is 10.6 Å². The number of thiocarbonyl (C=S) groups is 1. The maximum Gasteiger partial charge on any atom is 0.166 e. The van der Waals surface area contributed by atoms with Crippen molar-refractivity contribution in [2.75, 3.05) is 13.7 Å². The second kappa shape index (κ2) is 7.08. The van der Waals surface area contributed by atoms with E-state index >= 15 is 0 Å². The van der Waals surface area contributed by atoms with Gasteiger partial charge in [-0.2, -0.15) is 0 Å². The van der Waals surface area contributed by atoms with Crippen molar-refractivity contribution in [1.29, 1.82) is 0 Å². The van der Waals surface area contributed by atoms with Gasteiger partial charge in [-0.15, -0.1) is 0 Å². The summed E-state index contributed by atoms with van der Waals surface area (Å²) in [5, 5.41) is 6.77. The van der Waals surface area contributed by atoms with Crippen molar-refractivity contribution in [1.82, 2.24) is 20.6 Å². The highest BCUT2D eigenvalue weighted by atomic mass is 32.1. The molecule has 16 heavy (non-hydrogen) atoms. The summed E-state index contributed by atoms with van der Waals surface area (Å²) in [5.74, 6) is 0. The first kappa shape index (κ1) is 12.8. The van der Waals surface area contributed by atoms with Crippen molar-refractivity contribution in [2.24, 2.45) is 0 Å². The van der Waals surface area contributed by atoms with Gasteiger partial charge in [0.1, 0.15) is 6.33 Å². The van der Waals surface area contributed by atoms with Gasteiger partial charge in [0.15, 0.2) is 5.11 Å². The minimum atomic E-state index is 0.190. The summed E-state index contributed by atoms with van der Waals surface area (Å²) in [6.45, 7) is 3.21. The van der Waals surface area contributed by atoms with Crippen LogP contribution in [-0.4, -0.2) is 34.8 Å². The number of nitrogens with one attached hydrogen (secondary N) is 2. The van der Waals surface area contributed by atoms with E-state index in [2.05, 4.69) is 20.6 Å². The number of hydrogen-bond acceptors (Lipinski definition) is 4. The maximum absolute atomic E-state index is 5.12. The molecule has 0 aliphatic heterocycles. The molecule has 0 saturated heterocycles. The Balaban J connectivity index is 2.25. The van der Waals surface area contributed by atoms with Crippen LogP contribution in [0.4, 0.5) is 0 Å². The van der Waals surface area contributed by atoms with Gasteiger partial charge in [0.2, 0.25) is 0 Å². The maximum atomic E-state index is 5.12. The van der Waals surface area contributed by atoms with Gasteiger partial charge in [-0.25, -0.2) is 9.97 Å². The molecule has 1 aromatic heterocycles. The minimum Gasteiger partial charge on any atom is -0.383 e. The zero-order chi connectivity index (χ0) is 11.8. The Labute approximate surface area is 101 Å². The molecule has 0 saturated carbocycles. The lowest BCUT2D eigenvalue weighted by Crippen LogP contribution is -2.42. The number of aromatic nitrogens is 2. The van der Waals surface area contributed by atoms with Crippen LogP contribution in [0.25, 0.3) is 0 Å². The Bertz CT molecular complexity index is 320. The highest BCUT2D eigenvalue weighted by Crippen LogP contribution is 1.90. The summed E-state index contributed by atoms with van der Waals surface area (Å²) in [6, 6.07) is 2.03. The Hall–Kier alpha value is -1.27. The van der Waals surface area contributed by atoms with Gasteiger partial charge >= 0.3 is 0 Å². The molecule has 6 heteroatoms. The second-order valence-corrected chi connectivity index (χ2v) is 3.79. The van der Waals surface area contributed by atoms with Crippen molar-refractivity contribution < 1.29 is 4.74 Å². The van der Waals surface area contributed by atoms with E-state index in [1.165, 1.54) is 6.33 Å². The third-order valence-electron chi connectivity index (χ3n) is 1.87. The fourth-order valence-electron chi connectivity index (χ4n) is 1.16. The molecule has 0 fully saturated rings. The molecule has 1 aromatic rings. The molecule has 1 unspecified atom stereocenters.